The van der Waals surface area contributed by atoms with Gasteiger partial charge in [-0.15, -0.1) is 12.4 Å². The second-order valence-electron chi connectivity index (χ2n) is 4.64. The highest BCUT2D eigenvalue weighted by molar-refractivity contribution is 5.85. The van der Waals surface area contributed by atoms with Gasteiger partial charge in [0.25, 0.3) is 0 Å². The summed E-state index contributed by atoms with van der Waals surface area (Å²) in [6, 6.07) is 8.28. The molecule has 0 atom stereocenters. The van der Waals surface area contributed by atoms with Crippen molar-refractivity contribution in [2.24, 2.45) is 5.73 Å². The molecule has 0 saturated heterocycles. The predicted octanol–water partition coefficient (Wildman–Crippen LogP) is 1.96. The number of nitrogens with two attached hydrogens (primary N) is 1. The summed E-state index contributed by atoms with van der Waals surface area (Å²) in [6.45, 7) is 1.10. The number of methoxy groups -OCH3 is 1. The summed E-state index contributed by atoms with van der Waals surface area (Å²) < 4.78 is 5.12. The van der Waals surface area contributed by atoms with Gasteiger partial charge in [0.15, 0.2) is 0 Å². The van der Waals surface area contributed by atoms with Crippen molar-refractivity contribution in [3.05, 3.63) is 29.8 Å². The molecular weight excluding hydrogens is 264 g/mol. The lowest BCUT2D eigenvalue weighted by molar-refractivity contribution is -0.132. The molecule has 1 fully saturated rings. The zero-order chi connectivity index (χ0) is 13.0. The Balaban J connectivity index is 0.00000180. The van der Waals surface area contributed by atoms with Crippen LogP contribution in [0.4, 0.5) is 0 Å². The van der Waals surface area contributed by atoms with E-state index >= 15 is 0 Å². The highest BCUT2D eigenvalue weighted by atomic mass is 35.5. The van der Waals surface area contributed by atoms with Crippen LogP contribution in [0.15, 0.2) is 24.3 Å². The van der Waals surface area contributed by atoms with E-state index in [0.29, 0.717) is 25.6 Å². The van der Waals surface area contributed by atoms with Gasteiger partial charge >= 0.3 is 0 Å². The predicted molar refractivity (Wildman–Crippen MR) is 77.5 cm³/mol. The van der Waals surface area contributed by atoms with Crippen molar-refractivity contribution in [3.63, 3.8) is 0 Å². The fourth-order valence-corrected chi connectivity index (χ4v) is 2.00. The number of carbonyl (C=O) groups is 1. The molecule has 0 spiro atoms. The van der Waals surface area contributed by atoms with Crippen LogP contribution < -0.4 is 10.5 Å². The van der Waals surface area contributed by atoms with E-state index in [2.05, 4.69) is 0 Å². The smallest absolute Gasteiger partial charge is 0.224 e. The van der Waals surface area contributed by atoms with Crippen molar-refractivity contribution in [2.75, 3.05) is 13.7 Å². The fourth-order valence-electron chi connectivity index (χ4n) is 2.00. The molecule has 106 valence electrons. The number of hydrogen-bond acceptors (Lipinski definition) is 3. The van der Waals surface area contributed by atoms with E-state index in [-0.39, 0.29) is 18.3 Å². The number of amides is 1. The Bertz CT molecular complexity index is 404. The average Bonchev–Trinajstić information content (AvgIpc) is 3.21. The van der Waals surface area contributed by atoms with E-state index < -0.39 is 0 Å². The van der Waals surface area contributed by atoms with Crippen molar-refractivity contribution in [1.82, 2.24) is 4.90 Å². The third-order valence-corrected chi connectivity index (χ3v) is 3.18. The molecule has 1 saturated carbocycles. The first-order valence-electron chi connectivity index (χ1n) is 6.37. The molecule has 1 amide bonds. The molecule has 0 heterocycles. The van der Waals surface area contributed by atoms with Crippen LogP contribution in [0.5, 0.6) is 5.75 Å². The molecule has 4 nitrogen and oxygen atoms in total. The van der Waals surface area contributed by atoms with Crippen LogP contribution in [0.2, 0.25) is 0 Å². The quantitative estimate of drug-likeness (QED) is 0.869. The van der Waals surface area contributed by atoms with Crippen LogP contribution >= 0.6 is 12.4 Å². The van der Waals surface area contributed by atoms with E-state index in [0.717, 1.165) is 24.2 Å². The second kappa shape index (κ2) is 7.36. The van der Waals surface area contributed by atoms with Crippen molar-refractivity contribution in [1.29, 1.82) is 0 Å². The first kappa shape index (κ1) is 15.8. The Morgan fingerprint density at radius 2 is 2.00 bits per heavy atom. The van der Waals surface area contributed by atoms with Gasteiger partial charge in [0, 0.05) is 25.6 Å². The highest BCUT2D eigenvalue weighted by Gasteiger charge is 2.31. The molecular formula is C14H21ClN2O2. The fraction of sp³-hybridized carbons (Fsp3) is 0.500. The van der Waals surface area contributed by atoms with Crippen molar-refractivity contribution in [2.45, 2.75) is 31.8 Å². The first-order valence-corrected chi connectivity index (χ1v) is 6.37. The van der Waals surface area contributed by atoms with Crippen LogP contribution in [0.25, 0.3) is 0 Å². The van der Waals surface area contributed by atoms with E-state index in [1.54, 1.807) is 7.11 Å². The van der Waals surface area contributed by atoms with Crippen LogP contribution in [0, 0.1) is 0 Å². The van der Waals surface area contributed by atoms with Crippen molar-refractivity contribution in [3.8, 4) is 5.75 Å². The minimum atomic E-state index is 0. The maximum Gasteiger partial charge on any atom is 0.224 e. The summed E-state index contributed by atoms with van der Waals surface area (Å²) in [4.78, 5) is 13.9. The Hall–Kier alpha value is -1.26. The summed E-state index contributed by atoms with van der Waals surface area (Å²) in [5.41, 5.74) is 6.59. The number of hydrogen-bond donors (Lipinski definition) is 1. The van der Waals surface area contributed by atoms with Crippen molar-refractivity contribution >= 4 is 18.3 Å². The Labute approximate surface area is 120 Å². The SMILES string of the molecule is COc1ccc(CN(C(=O)CCN)C2CC2)cc1.Cl. The van der Waals surface area contributed by atoms with Crippen LogP contribution in [-0.4, -0.2) is 30.5 Å². The van der Waals surface area contributed by atoms with Gasteiger partial charge in [0.05, 0.1) is 7.11 Å². The van der Waals surface area contributed by atoms with Gasteiger partial charge in [-0.3, -0.25) is 4.79 Å². The molecule has 0 aromatic heterocycles. The zero-order valence-electron chi connectivity index (χ0n) is 11.2. The monoisotopic (exact) mass is 284 g/mol. The number of ether oxygens (including phenoxy) is 1. The van der Waals surface area contributed by atoms with Gasteiger partial charge in [0.2, 0.25) is 5.91 Å². The third kappa shape index (κ3) is 4.40. The maximum atomic E-state index is 12.0. The summed E-state index contributed by atoms with van der Waals surface area (Å²) >= 11 is 0. The topological polar surface area (TPSA) is 55.6 Å². The molecule has 1 aliphatic rings. The lowest BCUT2D eigenvalue weighted by atomic mass is 10.2. The minimum Gasteiger partial charge on any atom is -0.497 e. The molecule has 0 aliphatic heterocycles. The largest absolute Gasteiger partial charge is 0.497 e. The van der Waals surface area contributed by atoms with Gasteiger partial charge in [-0.1, -0.05) is 12.1 Å². The highest BCUT2D eigenvalue weighted by Crippen LogP contribution is 2.29. The Morgan fingerprint density at radius 3 is 2.47 bits per heavy atom. The molecule has 0 unspecified atom stereocenters. The average molecular weight is 285 g/mol. The maximum absolute atomic E-state index is 12.0. The van der Waals surface area contributed by atoms with E-state index in [4.69, 9.17) is 10.5 Å². The summed E-state index contributed by atoms with van der Waals surface area (Å²) in [6.07, 6.45) is 2.67. The molecule has 1 aromatic rings. The van der Waals surface area contributed by atoms with Crippen molar-refractivity contribution < 1.29 is 9.53 Å². The van der Waals surface area contributed by atoms with Gasteiger partial charge < -0.3 is 15.4 Å². The summed E-state index contributed by atoms with van der Waals surface area (Å²) in [5.74, 6) is 1.00. The van der Waals surface area contributed by atoms with Crippen LogP contribution in [0.1, 0.15) is 24.8 Å². The van der Waals surface area contributed by atoms with Gasteiger partial charge in [-0.2, -0.15) is 0 Å². The Morgan fingerprint density at radius 1 is 1.37 bits per heavy atom. The van der Waals surface area contributed by atoms with E-state index in [9.17, 15) is 4.79 Å². The zero-order valence-corrected chi connectivity index (χ0v) is 12.0. The first-order chi connectivity index (χ1) is 8.74. The molecule has 2 N–H and O–H groups in total. The molecule has 19 heavy (non-hydrogen) atoms. The van der Waals surface area contributed by atoms with Gasteiger partial charge in [-0.25, -0.2) is 0 Å². The normalized spacial score (nSPS) is 13.6. The number of carbonyl (C=O) groups excluding carboxylic acids is 1. The van der Waals surface area contributed by atoms with E-state index in [1.165, 1.54) is 0 Å². The Kier molecular flexibility index (Phi) is 6.12. The minimum absolute atomic E-state index is 0. The summed E-state index contributed by atoms with van der Waals surface area (Å²) in [5, 5.41) is 0. The molecule has 1 aromatic carbocycles. The summed E-state index contributed by atoms with van der Waals surface area (Å²) in [7, 11) is 1.65. The number of rotatable bonds is 6. The second-order valence-corrected chi connectivity index (χ2v) is 4.64. The van der Waals surface area contributed by atoms with Gasteiger partial charge in [-0.05, 0) is 30.5 Å². The van der Waals surface area contributed by atoms with Crippen LogP contribution in [0.3, 0.4) is 0 Å². The molecule has 0 bridgehead atoms. The molecule has 2 rings (SSSR count). The lowest BCUT2D eigenvalue weighted by Crippen LogP contribution is -2.33. The number of nitrogens with zero attached hydrogens (tertiary/aromatic N) is 1. The molecule has 5 heteroatoms. The van der Waals surface area contributed by atoms with Gasteiger partial charge in [0.1, 0.15) is 5.75 Å². The lowest BCUT2D eigenvalue weighted by Gasteiger charge is -2.22. The van der Waals surface area contributed by atoms with E-state index in [1.807, 2.05) is 29.2 Å². The number of halogens is 1. The third-order valence-electron chi connectivity index (χ3n) is 3.18. The number of benzene rings is 1. The molecule has 1 aliphatic carbocycles. The van der Waals surface area contributed by atoms with Crippen LogP contribution in [-0.2, 0) is 11.3 Å². The molecule has 0 radical (unpaired) electrons. The standard InChI is InChI=1S/C14H20N2O2.ClH/c1-18-13-6-2-11(3-7-13)10-16(12-4-5-12)14(17)8-9-15;/h2-3,6-7,12H,4-5,8-10,15H2,1H3;1H.